The van der Waals surface area contributed by atoms with Gasteiger partial charge in [-0.2, -0.15) is 0 Å². The molecule has 0 N–H and O–H groups in total. The van der Waals surface area contributed by atoms with Crippen LogP contribution in [0.2, 0.25) is 5.02 Å². The lowest BCUT2D eigenvalue weighted by Crippen LogP contribution is -2.06. The molecule has 0 radical (unpaired) electrons. The molecule has 0 saturated heterocycles. The molecule has 1 heterocycles. The molecule has 19 heavy (non-hydrogen) atoms. The number of Topliss-reactive ketones (excluding diaryl/α,β-unsaturated/α-hetero) is 1. The Morgan fingerprint density at radius 3 is 2.84 bits per heavy atom. The van der Waals surface area contributed by atoms with Gasteiger partial charge in [-0.05, 0) is 29.7 Å². The van der Waals surface area contributed by atoms with Crippen molar-refractivity contribution in [2.45, 2.75) is 19.3 Å². The van der Waals surface area contributed by atoms with Gasteiger partial charge in [0.2, 0.25) is 0 Å². The van der Waals surface area contributed by atoms with Gasteiger partial charge < -0.3 is 0 Å². The minimum Gasteiger partial charge on any atom is -0.299 e. The highest BCUT2D eigenvalue weighted by atomic mass is 35.5. The second-order valence-electron chi connectivity index (χ2n) is 4.29. The number of rotatable bonds is 5. The fraction of sp³-hybridized carbons (Fsp3) is 0.200. The number of carbonyl (C=O) groups excluding carboxylic acids is 1. The minimum absolute atomic E-state index is 0.00924. The fourth-order valence-corrected chi connectivity index (χ4v) is 2.01. The van der Waals surface area contributed by atoms with Crippen LogP contribution >= 0.6 is 11.6 Å². The van der Waals surface area contributed by atoms with E-state index in [1.165, 1.54) is 6.07 Å². The Bertz CT molecular complexity index is 572. The predicted molar refractivity (Wildman–Crippen MR) is 72.7 cm³/mol. The molecule has 0 spiro atoms. The van der Waals surface area contributed by atoms with E-state index in [1.807, 2.05) is 12.1 Å². The van der Waals surface area contributed by atoms with Gasteiger partial charge in [0.15, 0.2) is 0 Å². The normalized spacial score (nSPS) is 10.4. The van der Waals surface area contributed by atoms with Gasteiger partial charge in [-0.15, -0.1) is 0 Å². The van der Waals surface area contributed by atoms with Crippen LogP contribution in [0.3, 0.4) is 0 Å². The molecule has 0 bridgehead atoms. The van der Waals surface area contributed by atoms with Crippen LogP contribution in [-0.2, 0) is 17.6 Å². The second-order valence-corrected chi connectivity index (χ2v) is 4.70. The van der Waals surface area contributed by atoms with Crippen LogP contribution < -0.4 is 0 Å². The molecular formula is C15H13ClFNO. The first-order valence-electron chi connectivity index (χ1n) is 6.00. The Morgan fingerprint density at radius 2 is 2.11 bits per heavy atom. The standard InChI is InChI=1S/C15H13ClFNO/c16-14-5-1-4-12(15(14)17)9-13(19)7-6-11-3-2-8-18-10-11/h1-5,8,10H,6-7,9H2. The molecule has 0 aliphatic rings. The zero-order chi connectivity index (χ0) is 13.7. The number of hydrogen-bond acceptors (Lipinski definition) is 2. The largest absolute Gasteiger partial charge is 0.299 e. The van der Waals surface area contributed by atoms with Crippen molar-refractivity contribution in [3.05, 3.63) is 64.7 Å². The van der Waals surface area contributed by atoms with Gasteiger partial charge >= 0.3 is 0 Å². The van der Waals surface area contributed by atoms with Gasteiger partial charge in [0.05, 0.1) is 5.02 Å². The zero-order valence-electron chi connectivity index (χ0n) is 10.3. The van der Waals surface area contributed by atoms with Crippen molar-refractivity contribution in [2.24, 2.45) is 0 Å². The predicted octanol–water partition coefficient (Wildman–Crippen LogP) is 3.62. The van der Waals surface area contributed by atoms with Gasteiger partial charge in [-0.3, -0.25) is 9.78 Å². The summed E-state index contributed by atoms with van der Waals surface area (Å²) in [4.78, 5) is 15.8. The molecule has 0 aliphatic heterocycles. The summed E-state index contributed by atoms with van der Waals surface area (Å²) in [6, 6.07) is 8.45. The minimum atomic E-state index is -0.501. The lowest BCUT2D eigenvalue weighted by molar-refractivity contribution is -0.118. The van der Waals surface area contributed by atoms with E-state index in [2.05, 4.69) is 4.98 Å². The van der Waals surface area contributed by atoms with Gasteiger partial charge in [-0.1, -0.05) is 29.8 Å². The molecule has 2 rings (SSSR count). The second kappa shape index (κ2) is 6.43. The number of benzene rings is 1. The number of nitrogens with zero attached hydrogens (tertiary/aromatic N) is 1. The van der Waals surface area contributed by atoms with E-state index in [0.717, 1.165) is 5.56 Å². The first-order chi connectivity index (χ1) is 9.16. The van der Waals surface area contributed by atoms with E-state index in [-0.39, 0.29) is 17.2 Å². The van der Waals surface area contributed by atoms with Crippen molar-refractivity contribution in [1.29, 1.82) is 0 Å². The summed E-state index contributed by atoms with van der Waals surface area (Å²) in [5.41, 5.74) is 1.35. The number of pyridine rings is 1. The Labute approximate surface area is 116 Å². The molecule has 98 valence electrons. The zero-order valence-corrected chi connectivity index (χ0v) is 11.0. The molecule has 4 heteroatoms. The SMILES string of the molecule is O=C(CCc1cccnc1)Cc1cccc(Cl)c1F. The summed E-state index contributed by atoms with van der Waals surface area (Å²) in [6.45, 7) is 0. The number of ketones is 1. The van der Waals surface area contributed by atoms with E-state index in [4.69, 9.17) is 11.6 Å². The van der Waals surface area contributed by atoms with Gasteiger partial charge in [0, 0.05) is 25.2 Å². The lowest BCUT2D eigenvalue weighted by Gasteiger charge is -2.04. The summed E-state index contributed by atoms with van der Waals surface area (Å²) in [5.74, 6) is -0.510. The molecule has 0 amide bonds. The Kier molecular flexibility index (Phi) is 4.63. The molecule has 0 saturated carbocycles. The molecule has 0 atom stereocenters. The van der Waals surface area contributed by atoms with Crippen LogP contribution in [0.15, 0.2) is 42.7 Å². The highest BCUT2D eigenvalue weighted by Gasteiger charge is 2.10. The average Bonchev–Trinajstić information content (AvgIpc) is 2.43. The van der Waals surface area contributed by atoms with Crippen molar-refractivity contribution >= 4 is 17.4 Å². The van der Waals surface area contributed by atoms with Crippen LogP contribution in [0, 0.1) is 5.82 Å². The highest BCUT2D eigenvalue weighted by molar-refractivity contribution is 6.30. The first kappa shape index (κ1) is 13.7. The van der Waals surface area contributed by atoms with Crippen molar-refractivity contribution in [1.82, 2.24) is 4.98 Å². The summed E-state index contributed by atoms with van der Waals surface area (Å²) in [5, 5.41) is 0.0533. The summed E-state index contributed by atoms with van der Waals surface area (Å²) in [7, 11) is 0. The molecule has 2 nitrogen and oxygen atoms in total. The number of hydrogen-bond donors (Lipinski definition) is 0. The van der Waals surface area contributed by atoms with E-state index in [9.17, 15) is 9.18 Å². The van der Waals surface area contributed by atoms with Crippen LogP contribution in [0.1, 0.15) is 17.5 Å². The van der Waals surface area contributed by atoms with Crippen LogP contribution in [0.25, 0.3) is 0 Å². The van der Waals surface area contributed by atoms with Crippen LogP contribution in [0.5, 0.6) is 0 Å². The number of carbonyl (C=O) groups is 1. The summed E-state index contributed by atoms with van der Waals surface area (Å²) < 4.78 is 13.6. The maximum atomic E-state index is 13.6. The maximum Gasteiger partial charge on any atom is 0.145 e. The van der Waals surface area contributed by atoms with Crippen molar-refractivity contribution < 1.29 is 9.18 Å². The van der Waals surface area contributed by atoms with E-state index < -0.39 is 5.82 Å². The lowest BCUT2D eigenvalue weighted by atomic mass is 10.0. The topological polar surface area (TPSA) is 30.0 Å². The third-order valence-corrected chi connectivity index (χ3v) is 3.13. The Balaban J connectivity index is 1.93. The molecule has 1 aromatic heterocycles. The Morgan fingerprint density at radius 1 is 1.26 bits per heavy atom. The number of aromatic nitrogens is 1. The molecule has 2 aromatic rings. The van der Waals surface area contributed by atoms with Crippen LogP contribution in [-0.4, -0.2) is 10.8 Å². The van der Waals surface area contributed by atoms with E-state index >= 15 is 0 Å². The average molecular weight is 278 g/mol. The summed E-state index contributed by atoms with van der Waals surface area (Å²) in [6.07, 6.45) is 4.49. The van der Waals surface area contributed by atoms with E-state index in [1.54, 1.807) is 24.5 Å². The first-order valence-corrected chi connectivity index (χ1v) is 6.38. The smallest absolute Gasteiger partial charge is 0.145 e. The third kappa shape index (κ3) is 3.86. The molecule has 1 aromatic carbocycles. The molecule has 0 aliphatic carbocycles. The quantitative estimate of drug-likeness (QED) is 0.835. The van der Waals surface area contributed by atoms with Crippen molar-refractivity contribution in [3.8, 4) is 0 Å². The maximum absolute atomic E-state index is 13.6. The Hall–Kier alpha value is -1.74. The summed E-state index contributed by atoms with van der Waals surface area (Å²) >= 11 is 5.68. The van der Waals surface area contributed by atoms with Gasteiger partial charge in [-0.25, -0.2) is 4.39 Å². The molecule has 0 fully saturated rings. The number of halogens is 2. The third-order valence-electron chi connectivity index (χ3n) is 2.83. The number of aryl methyl sites for hydroxylation is 1. The van der Waals surface area contributed by atoms with Gasteiger partial charge in [0.1, 0.15) is 11.6 Å². The van der Waals surface area contributed by atoms with Gasteiger partial charge in [0.25, 0.3) is 0 Å². The van der Waals surface area contributed by atoms with Crippen molar-refractivity contribution in [3.63, 3.8) is 0 Å². The van der Waals surface area contributed by atoms with E-state index in [0.29, 0.717) is 18.4 Å². The molecular weight excluding hydrogens is 265 g/mol. The molecule has 0 unspecified atom stereocenters. The monoisotopic (exact) mass is 277 g/mol. The fourth-order valence-electron chi connectivity index (χ4n) is 1.82. The van der Waals surface area contributed by atoms with Crippen LogP contribution in [0.4, 0.5) is 4.39 Å². The highest BCUT2D eigenvalue weighted by Crippen LogP contribution is 2.18. The van der Waals surface area contributed by atoms with Crippen molar-refractivity contribution in [2.75, 3.05) is 0 Å².